The number of carbonyl (C=O) groups is 3. The minimum atomic E-state index is -4.12. The molecule has 1 amide bonds. The molecule has 1 aliphatic rings. The van der Waals surface area contributed by atoms with Gasteiger partial charge in [0.1, 0.15) is 5.69 Å². The maximum atomic E-state index is 13.3. The molecule has 0 spiro atoms. The van der Waals surface area contributed by atoms with Crippen LogP contribution in [0.25, 0.3) is 0 Å². The number of sulfone groups is 1. The van der Waals surface area contributed by atoms with Gasteiger partial charge in [-0.25, -0.2) is 13.2 Å². The maximum Gasteiger partial charge on any atom is 0.339 e. The van der Waals surface area contributed by atoms with E-state index in [1.165, 1.54) is 54.6 Å². The summed E-state index contributed by atoms with van der Waals surface area (Å²) in [5, 5.41) is 14.0. The molecule has 1 N–H and O–H groups in total. The number of anilines is 1. The zero-order valence-electron chi connectivity index (χ0n) is 20.9. The van der Waals surface area contributed by atoms with E-state index < -0.39 is 38.5 Å². The minimum absolute atomic E-state index is 0.0383. The third-order valence-corrected chi connectivity index (χ3v) is 8.20. The van der Waals surface area contributed by atoms with Crippen LogP contribution in [0, 0.1) is 17.0 Å². The van der Waals surface area contributed by atoms with Gasteiger partial charge in [0.05, 0.1) is 20.3 Å². The Kier molecular flexibility index (Phi) is 6.74. The summed E-state index contributed by atoms with van der Waals surface area (Å²) in [5.74, 6) is -2.39. The molecule has 40 heavy (non-hydrogen) atoms. The number of ketones is 1. The topological polar surface area (TPSA) is 150 Å². The summed E-state index contributed by atoms with van der Waals surface area (Å²) in [7, 11) is -4.12. The third kappa shape index (κ3) is 4.74. The fourth-order valence-corrected chi connectivity index (χ4v) is 6.06. The molecule has 0 radical (unpaired) electrons. The predicted octanol–water partition coefficient (Wildman–Crippen LogP) is 4.82. The van der Waals surface area contributed by atoms with Crippen molar-refractivity contribution in [1.82, 2.24) is 0 Å². The second-order valence-corrected chi connectivity index (χ2v) is 10.9. The third-order valence-electron chi connectivity index (χ3n) is 6.35. The summed E-state index contributed by atoms with van der Waals surface area (Å²) < 4.78 is 32.1. The van der Waals surface area contributed by atoms with Gasteiger partial charge in [-0.3, -0.25) is 19.7 Å². The number of nitro groups is 1. The van der Waals surface area contributed by atoms with Gasteiger partial charge in [0, 0.05) is 22.8 Å². The second kappa shape index (κ2) is 10.2. The van der Waals surface area contributed by atoms with Gasteiger partial charge in [-0.2, -0.15) is 0 Å². The number of hydrogen-bond acceptors (Lipinski definition) is 8. The summed E-state index contributed by atoms with van der Waals surface area (Å²) in [4.78, 5) is 49.8. The Morgan fingerprint density at radius 2 is 1.55 bits per heavy atom. The molecule has 10 nitrogen and oxygen atoms in total. The van der Waals surface area contributed by atoms with Gasteiger partial charge in [0.25, 0.3) is 11.6 Å². The standard InChI is InChI=1S/C29H20N2O8S/c1-17-11-14-22(23(15-17)31(35)36)30-28(33)27(18-7-3-2-4-8-18)39-29(34)19-12-13-21-25(16-19)40(37,38)24-10-6-5-9-20(24)26(21)32/h2-16,27H,1H3,(H,30,33)/t27-/m1/s1. The number of esters is 1. The van der Waals surface area contributed by atoms with Crippen molar-refractivity contribution in [2.45, 2.75) is 22.8 Å². The first-order chi connectivity index (χ1) is 19.1. The van der Waals surface area contributed by atoms with E-state index in [1.54, 1.807) is 37.3 Å². The van der Waals surface area contributed by atoms with Crippen LogP contribution < -0.4 is 5.32 Å². The number of nitro benzene ring substituents is 1. The number of nitrogens with zero attached hydrogens (tertiary/aromatic N) is 1. The summed E-state index contributed by atoms with van der Waals surface area (Å²) in [5.41, 5.74) is 0.211. The maximum absolute atomic E-state index is 13.3. The molecule has 1 aliphatic heterocycles. The molecule has 0 aliphatic carbocycles. The lowest BCUT2D eigenvalue weighted by Gasteiger charge is -2.20. The normalized spacial score (nSPS) is 13.9. The van der Waals surface area contributed by atoms with E-state index in [1.807, 2.05) is 0 Å². The molecular formula is C29H20N2O8S. The summed E-state index contributed by atoms with van der Waals surface area (Å²) in [6.07, 6.45) is -1.54. The van der Waals surface area contributed by atoms with E-state index in [9.17, 15) is 32.9 Å². The molecule has 0 saturated carbocycles. The highest BCUT2D eigenvalue weighted by molar-refractivity contribution is 7.91. The van der Waals surface area contributed by atoms with E-state index in [0.29, 0.717) is 5.56 Å². The van der Waals surface area contributed by atoms with Crippen LogP contribution in [0.15, 0.2) is 101 Å². The number of rotatable bonds is 6. The molecule has 0 aromatic heterocycles. The Hall–Kier alpha value is -5.16. The van der Waals surface area contributed by atoms with Gasteiger partial charge in [0.15, 0.2) is 5.78 Å². The highest BCUT2D eigenvalue weighted by Gasteiger charge is 2.36. The first kappa shape index (κ1) is 26.4. The van der Waals surface area contributed by atoms with E-state index in [2.05, 4.69) is 5.32 Å². The lowest BCUT2D eigenvalue weighted by atomic mass is 10.0. The van der Waals surface area contributed by atoms with Crippen LogP contribution in [0.3, 0.4) is 0 Å². The van der Waals surface area contributed by atoms with Crippen LogP contribution in [0.5, 0.6) is 0 Å². The largest absolute Gasteiger partial charge is 0.444 e. The zero-order chi connectivity index (χ0) is 28.6. The number of carbonyl (C=O) groups excluding carboxylic acids is 3. The van der Waals surface area contributed by atoms with Crippen LogP contribution in [0.1, 0.15) is 43.5 Å². The first-order valence-corrected chi connectivity index (χ1v) is 13.4. The number of aryl methyl sites for hydroxylation is 1. The summed E-state index contributed by atoms with van der Waals surface area (Å²) in [6.45, 7) is 1.66. The molecule has 11 heteroatoms. The molecule has 1 heterocycles. The molecule has 5 rings (SSSR count). The number of amides is 1. The molecule has 4 aromatic rings. The van der Waals surface area contributed by atoms with Crippen LogP contribution in [-0.4, -0.2) is 31.0 Å². The van der Waals surface area contributed by atoms with Crippen LogP contribution in [0.4, 0.5) is 11.4 Å². The fraction of sp³-hybridized carbons (Fsp3) is 0.0690. The smallest absolute Gasteiger partial charge is 0.339 e. The Morgan fingerprint density at radius 3 is 2.27 bits per heavy atom. The Balaban J connectivity index is 1.48. The van der Waals surface area contributed by atoms with E-state index >= 15 is 0 Å². The number of ether oxygens (including phenoxy) is 1. The van der Waals surface area contributed by atoms with Crippen molar-refractivity contribution in [2.75, 3.05) is 5.32 Å². The van der Waals surface area contributed by atoms with Gasteiger partial charge in [-0.05, 0) is 48.9 Å². The van der Waals surface area contributed by atoms with Crippen molar-refractivity contribution in [3.63, 3.8) is 0 Å². The Labute approximate surface area is 228 Å². The molecule has 0 fully saturated rings. The van der Waals surface area contributed by atoms with Crippen molar-refractivity contribution in [3.05, 3.63) is 129 Å². The van der Waals surface area contributed by atoms with Gasteiger partial charge >= 0.3 is 5.97 Å². The number of fused-ring (bicyclic) bond motifs is 2. The number of hydrogen-bond donors (Lipinski definition) is 1. The van der Waals surface area contributed by atoms with Crippen molar-refractivity contribution in [1.29, 1.82) is 0 Å². The number of benzene rings is 4. The SMILES string of the molecule is Cc1ccc(NC(=O)[C@H](OC(=O)c2ccc3c(c2)S(=O)(=O)c2ccccc2C3=O)c2ccccc2)c([N+](=O)[O-])c1. The Bertz CT molecular complexity index is 1820. The fourth-order valence-electron chi connectivity index (χ4n) is 4.38. The van der Waals surface area contributed by atoms with Crippen molar-refractivity contribution in [2.24, 2.45) is 0 Å². The van der Waals surface area contributed by atoms with Gasteiger partial charge in [0.2, 0.25) is 15.9 Å². The average molecular weight is 557 g/mol. The molecule has 200 valence electrons. The van der Waals surface area contributed by atoms with Gasteiger partial charge < -0.3 is 10.1 Å². The van der Waals surface area contributed by atoms with Crippen molar-refractivity contribution >= 4 is 38.9 Å². The van der Waals surface area contributed by atoms with E-state index in [4.69, 9.17) is 4.74 Å². The molecule has 0 saturated heterocycles. The molecule has 0 bridgehead atoms. The minimum Gasteiger partial charge on any atom is -0.444 e. The Morgan fingerprint density at radius 1 is 0.875 bits per heavy atom. The molecule has 0 unspecified atom stereocenters. The van der Waals surface area contributed by atoms with Crippen LogP contribution in [-0.2, 0) is 19.4 Å². The lowest BCUT2D eigenvalue weighted by Crippen LogP contribution is -2.26. The molecular weight excluding hydrogens is 536 g/mol. The zero-order valence-corrected chi connectivity index (χ0v) is 21.7. The molecule has 4 aromatic carbocycles. The van der Waals surface area contributed by atoms with Gasteiger partial charge in [-0.15, -0.1) is 0 Å². The van der Waals surface area contributed by atoms with Crippen molar-refractivity contribution in [3.8, 4) is 0 Å². The summed E-state index contributed by atoms with van der Waals surface area (Å²) in [6, 6.07) is 21.6. The lowest BCUT2D eigenvalue weighted by molar-refractivity contribution is -0.384. The summed E-state index contributed by atoms with van der Waals surface area (Å²) >= 11 is 0. The van der Waals surface area contributed by atoms with Gasteiger partial charge in [-0.1, -0.05) is 48.5 Å². The van der Waals surface area contributed by atoms with Crippen LogP contribution >= 0.6 is 0 Å². The van der Waals surface area contributed by atoms with E-state index in [-0.39, 0.29) is 43.4 Å². The monoisotopic (exact) mass is 556 g/mol. The second-order valence-electron chi connectivity index (χ2n) is 9.00. The molecule has 1 atom stereocenters. The van der Waals surface area contributed by atoms with Crippen LogP contribution in [0.2, 0.25) is 0 Å². The quantitative estimate of drug-likeness (QED) is 0.178. The highest BCUT2D eigenvalue weighted by Crippen LogP contribution is 2.35. The van der Waals surface area contributed by atoms with E-state index in [0.717, 1.165) is 6.07 Å². The predicted molar refractivity (Wildman–Crippen MR) is 143 cm³/mol. The number of nitrogens with one attached hydrogen (secondary N) is 1. The van der Waals surface area contributed by atoms with Crippen molar-refractivity contribution < 1.29 is 32.5 Å². The first-order valence-electron chi connectivity index (χ1n) is 11.9. The highest BCUT2D eigenvalue weighted by atomic mass is 32.2. The average Bonchev–Trinajstić information content (AvgIpc) is 2.95.